The Morgan fingerprint density at radius 3 is 2.50 bits per heavy atom. The van der Waals surface area contributed by atoms with Crippen LogP contribution < -0.4 is 11.1 Å². The summed E-state index contributed by atoms with van der Waals surface area (Å²) in [6.07, 6.45) is 1.05. The van der Waals surface area contributed by atoms with Gasteiger partial charge in [0.05, 0.1) is 6.61 Å². The first-order valence-corrected chi connectivity index (χ1v) is 8.00. The van der Waals surface area contributed by atoms with E-state index in [1.807, 2.05) is 13.1 Å². The van der Waals surface area contributed by atoms with Gasteiger partial charge in [-0.3, -0.25) is 0 Å². The maximum absolute atomic E-state index is 5.74. The molecule has 0 bridgehead atoms. The topological polar surface area (TPSA) is 56.5 Å². The van der Waals surface area contributed by atoms with E-state index in [1.54, 1.807) is 7.11 Å². The van der Waals surface area contributed by atoms with Crippen LogP contribution in [-0.4, -0.2) is 41.4 Å². The second-order valence-electron chi connectivity index (χ2n) is 3.76. The van der Waals surface area contributed by atoms with Gasteiger partial charge in [0.1, 0.15) is 0 Å². The highest BCUT2D eigenvalue weighted by Crippen LogP contribution is 2.05. The smallest absolute Gasteiger partial charge is 0.331 e. The molecule has 0 fully saturated rings. The molecule has 5 heteroatoms. The second-order valence-corrected chi connectivity index (χ2v) is 7.26. The Morgan fingerprint density at radius 2 is 2.07 bits per heavy atom. The van der Waals surface area contributed by atoms with Gasteiger partial charge in [-0.25, -0.2) is 0 Å². The van der Waals surface area contributed by atoms with Gasteiger partial charge in [0.15, 0.2) is 0 Å². The highest BCUT2D eigenvalue weighted by molar-refractivity contribution is 6.64. The third-order valence-corrected chi connectivity index (χ3v) is 4.04. The summed E-state index contributed by atoms with van der Waals surface area (Å²) >= 11 is 0. The van der Waals surface area contributed by atoms with Crippen LogP contribution in [0.15, 0.2) is 0 Å². The standard InChI is InChI=1S/C9H24N2O2Si/c1-5-9(11-7-6-10)8-13-14(3,4)12-2/h9,11H,5-8,10H2,1-4H3. The molecule has 3 N–H and O–H groups in total. The molecule has 0 saturated heterocycles. The van der Waals surface area contributed by atoms with Crippen molar-refractivity contribution in [1.82, 2.24) is 5.32 Å². The van der Waals surface area contributed by atoms with Crippen molar-refractivity contribution in [3.05, 3.63) is 0 Å². The van der Waals surface area contributed by atoms with Gasteiger partial charge in [-0.05, 0) is 19.5 Å². The molecule has 0 aliphatic carbocycles. The lowest BCUT2D eigenvalue weighted by atomic mass is 10.2. The molecular formula is C9H24N2O2Si. The average molecular weight is 220 g/mol. The van der Waals surface area contributed by atoms with Crippen molar-refractivity contribution in [3.63, 3.8) is 0 Å². The summed E-state index contributed by atoms with van der Waals surface area (Å²) in [7, 11) is -0.158. The molecule has 0 aromatic carbocycles. The molecule has 0 amide bonds. The van der Waals surface area contributed by atoms with E-state index < -0.39 is 8.56 Å². The third-order valence-electron chi connectivity index (χ3n) is 2.19. The molecule has 0 aromatic heterocycles. The first kappa shape index (κ1) is 14.1. The van der Waals surface area contributed by atoms with Crippen LogP contribution in [-0.2, 0) is 8.85 Å². The largest absolute Gasteiger partial charge is 0.398 e. The van der Waals surface area contributed by atoms with Crippen molar-refractivity contribution in [2.24, 2.45) is 5.73 Å². The molecule has 0 aliphatic heterocycles. The highest BCUT2D eigenvalue weighted by Gasteiger charge is 2.23. The van der Waals surface area contributed by atoms with Crippen molar-refractivity contribution in [2.75, 3.05) is 26.8 Å². The zero-order valence-electron chi connectivity index (χ0n) is 9.80. The summed E-state index contributed by atoms with van der Waals surface area (Å²) in [5, 5.41) is 3.33. The number of nitrogens with one attached hydrogen (secondary N) is 1. The molecular weight excluding hydrogens is 196 g/mol. The van der Waals surface area contributed by atoms with E-state index in [-0.39, 0.29) is 0 Å². The fourth-order valence-electron chi connectivity index (χ4n) is 0.969. The van der Waals surface area contributed by atoms with Gasteiger partial charge in [0.25, 0.3) is 0 Å². The Labute approximate surface area is 88.4 Å². The Morgan fingerprint density at radius 1 is 1.43 bits per heavy atom. The number of nitrogens with two attached hydrogens (primary N) is 1. The molecule has 4 nitrogen and oxygen atoms in total. The first-order chi connectivity index (χ1) is 6.55. The second kappa shape index (κ2) is 7.36. The Kier molecular flexibility index (Phi) is 7.39. The molecule has 86 valence electrons. The van der Waals surface area contributed by atoms with Crippen LogP contribution >= 0.6 is 0 Å². The predicted molar refractivity (Wildman–Crippen MR) is 61.6 cm³/mol. The molecule has 0 rings (SSSR count). The summed E-state index contributed by atoms with van der Waals surface area (Å²) < 4.78 is 11.0. The lowest BCUT2D eigenvalue weighted by Gasteiger charge is -2.24. The SMILES string of the molecule is CCC(CO[Si](C)(C)OC)NCCN. The lowest BCUT2D eigenvalue weighted by Crippen LogP contribution is -2.42. The minimum Gasteiger partial charge on any atom is -0.398 e. The van der Waals surface area contributed by atoms with Crippen LogP contribution in [0.4, 0.5) is 0 Å². The summed E-state index contributed by atoms with van der Waals surface area (Å²) in [5.74, 6) is 0. The quantitative estimate of drug-likeness (QED) is 0.591. The maximum atomic E-state index is 5.74. The molecule has 0 radical (unpaired) electrons. The monoisotopic (exact) mass is 220 g/mol. The van der Waals surface area contributed by atoms with E-state index in [0.29, 0.717) is 19.2 Å². The molecule has 0 spiro atoms. The molecule has 14 heavy (non-hydrogen) atoms. The zero-order valence-corrected chi connectivity index (χ0v) is 10.8. The van der Waals surface area contributed by atoms with Crippen molar-refractivity contribution < 1.29 is 8.85 Å². The van der Waals surface area contributed by atoms with E-state index >= 15 is 0 Å². The zero-order chi connectivity index (χ0) is 11.0. The van der Waals surface area contributed by atoms with E-state index in [4.69, 9.17) is 14.6 Å². The maximum Gasteiger partial charge on any atom is 0.331 e. The Hall–Kier alpha value is 0.0569. The van der Waals surface area contributed by atoms with E-state index in [0.717, 1.165) is 13.0 Å². The van der Waals surface area contributed by atoms with Crippen molar-refractivity contribution in [2.45, 2.75) is 32.5 Å². The molecule has 0 heterocycles. The normalized spacial score (nSPS) is 14.4. The van der Waals surface area contributed by atoms with Crippen LogP contribution in [0, 0.1) is 0 Å². The molecule has 1 unspecified atom stereocenters. The minimum atomic E-state index is -1.87. The summed E-state index contributed by atoms with van der Waals surface area (Å²) in [6, 6.07) is 0.389. The van der Waals surface area contributed by atoms with Crippen LogP contribution in [0.2, 0.25) is 13.1 Å². The number of hydrogen-bond acceptors (Lipinski definition) is 4. The summed E-state index contributed by atoms with van der Waals surface area (Å²) in [6.45, 7) is 8.45. The lowest BCUT2D eigenvalue weighted by molar-refractivity contribution is 0.185. The van der Waals surface area contributed by atoms with Gasteiger partial charge in [0, 0.05) is 26.2 Å². The van der Waals surface area contributed by atoms with Crippen molar-refractivity contribution in [3.8, 4) is 0 Å². The third kappa shape index (κ3) is 6.50. The predicted octanol–water partition coefficient (Wildman–Crippen LogP) is 0.678. The highest BCUT2D eigenvalue weighted by atomic mass is 28.4. The van der Waals surface area contributed by atoms with Crippen LogP contribution in [0.1, 0.15) is 13.3 Å². The number of hydrogen-bond donors (Lipinski definition) is 2. The van der Waals surface area contributed by atoms with Crippen LogP contribution in [0.3, 0.4) is 0 Å². The van der Waals surface area contributed by atoms with Gasteiger partial charge < -0.3 is 19.9 Å². The molecule has 0 saturated carbocycles. The fourth-order valence-corrected chi connectivity index (χ4v) is 1.69. The van der Waals surface area contributed by atoms with Gasteiger partial charge in [-0.15, -0.1) is 0 Å². The average Bonchev–Trinajstić information content (AvgIpc) is 2.18. The van der Waals surface area contributed by atoms with Gasteiger partial charge in [0.2, 0.25) is 0 Å². The van der Waals surface area contributed by atoms with Crippen LogP contribution in [0.5, 0.6) is 0 Å². The fraction of sp³-hybridized carbons (Fsp3) is 1.00. The van der Waals surface area contributed by atoms with Crippen molar-refractivity contribution >= 4 is 8.56 Å². The Bertz CT molecular complexity index is 145. The first-order valence-electron chi connectivity index (χ1n) is 5.18. The van der Waals surface area contributed by atoms with E-state index in [1.165, 1.54) is 0 Å². The van der Waals surface area contributed by atoms with Gasteiger partial charge in [-0.2, -0.15) is 0 Å². The van der Waals surface area contributed by atoms with Gasteiger partial charge >= 0.3 is 8.56 Å². The summed E-state index contributed by atoms with van der Waals surface area (Å²) in [4.78, 5) is 0. The molecule has 0 aliphatic rings. The summed E-state index contributed by atoms with van der Waals surface area (Å²) in [5.41, 5.74) is 5.42. The molecule has 1 atom stereocenters. The minimum absolute atomic E-state index is 0.389. The number of rotatable bonds is 8. The van der Waals surface area contributed by atoms with E-state index in [9.17, 15) is 0 Å². The Balaban J connectivity index is 3.71. The molecule has 0 aromatic rings. The van der Waals surface area contributed by atoms with Crippen LogP contribution in [0.25, 0.3) is 0 Å². The van der Waals surface area contributed by atoms with E-state index in [2.05, 4.69) is 12.2 Å². The van der Waals surface area contributed by atoms with Gasteiger partial charge in [-0.1, -0.05) is 6.92 Å². The van der Waals surface area contributed by atoms with Crippen molar-refractivity contribution in [1.29, 1.82) is 0 Å².